The molecule has 0 spiro atoms. The van der Waals surface area contributed by atoms with Crippen LogP contribution in [0.3, 0.4) is 0 Å². The summed E-state index contributed by atoms with van der Waals surface area (Å²) in [4.78, 5) is 14.0. The van der Waals surface area contributed by atoms with Gasteiger partial charge in [-0.3, -0.25) is 4.79 Å². The molecule has 0 heterocycles. The van der Waals surface area contributed by atoms with E-state index in [2.05, 4.69) is 15.4 Å². The first-order valence-electron chi connectivity index (χ1n) is 8.12. The van der Waals surface area contributed by atoms with Crippen molar-refractivity contribution in [2.24, 2.45) is 5.10 Å². The molecule has 0 bridgehead atoms. The minimum atomic E-state index is -0.584. The number of carbonyl (C=O) groups is 1. The zero-order chi connectivity index (χ0) is 18.4. The van der Waals surface area contributed by atoms with Crippen molar-refractivity contribution in [2.75, 3.05) is 11.9 Å². The summed E-state index contributed by atoms with van der Waals surface area (Å²) in [6.45, 7) is 0. The van der Waals surface area contributed by atoms with Crippen LogP contribution in [0.2, 0.25) is 0 Å². The maximum atomic E-state index is 13.5. The van der Waals surface area contributed by atoms with Crippen LogP contribution in [-0.4, -0.2) is 19.2 Å². The zero-order valence-corrected chi connectivity index (χ0v) is 14.3. The lowest BCUT2D eigenvalue weighted by Crippen LogP contribution is -2.18. The molecule has 130 valence electrons. The summed E-state index contributed by atoms with van der Waals surface area (Å²) in [6.07, 6.45) is 1.52. The Hall–Kier alpha value is -3.47. The maximum Gasteiger partial charge on any atom is 0.274 e. The van der Waals surface area contributed by atoms with E-state index < -0.39 is 11.7 Å². The van der Waals surface area contributed by atoms with E-state index in [4.69, 9.17) is 0 Å². The van der Waals surface area contributed by atoms with Crippen LogP contribution in [0.5, 0.6) is 0 Å². The number of nitrogens with zero attached hydrogens (tertiary/aromatic N) is 2. The van der Waals surface area contributed by atoms with Crippen LogP contribution in [0.1, 0.15) is 15.9 Å². The van der Waals surface area contributed by atoms with E-state index in [-0.39, 0.29) is 5.56 Å². The second-order valence-electron chi connectivity index (χ2n) is 5.67. The largest absolute Gasteiger partial charge is 0.345 e. The molecule has 3 aromatic carbocycles. The Morgan fingerprint density at radius 2 is 1.54 bits per heavy atom. The van der Waals surface area contributed by atoms with E-state index in [0.717, 1.165) is 16.9 Å². The minimum Gasteiger partial charge on any atom is -0.345 e. The first kappa shape index (κ1) is 17.4. The molecule has 3 rings (SSSR count). The molecule has 0 aliphatic rings. The van der Waals surface area contributed by atoms with Crippen LogP contribution < -0.4 is 10.3 Å². The first-order valence-corrected chi connectivity index (χ1v) is 8.12. The van der Waals surface area contributed by atoms with E-state index in [0.29, 0.717) is 0 Å². The van der Waals surface area contributed by atoms with Crippen LogP contribution in [-0.2, 0) is 0 Å². The quantitative estimate of drug-likeness (QED) is 0.551. The zero-order valence-electron chi connectivity index (χ0n) is 14.3. The highest BCUT2D eigenvalue weighted by Crippen LogP contribution is 2.22. The fourth-order valence-corrected chi connectivity index (χ4v) is 2.46. The molecule has 0 saturated carbocycles. The summed E-state index contributed by atoms with van der Waals surface area (Å²) in [5.74, 6) is -1.16. The first-order chi connectivity index (χ1) is 12.6. The summed E-state index contributed by atoms with van der Waals surface area (Å²) >= 11 is 0. The number of amides is 1. The van der Waals surface area contributed by atoms with Gasteiger partial charge in [0.15, 0.2) is 0 Å². The van der Waals surface area contributed by atoms with Crippen LogP contribution in [0.4, 0.5) is 15.8 Å². The Morgan fingerprint density at radius 1 is 0.923 bits per heavy atom. The molecular weight excluding hydrogens is 329 g/mol. The third-order valence-corrected chi connectivity index (χ3v) is 3.92. The Bertz CT molecular complexity index is 908. The van der Waals surface area contributed by atoms with Crippen LogP contribution in [0.25, 0.3) is 0 Å². The number of nitrogens with one attached hydrogen (secondary N) is 1. The Kier molecular flexibility index (Phi) is 5.39. The van der Waals surface area contributed by atoms with Gasteiger partial charge in [-0.1, -0.05) is 42.5 Å². The predicted molar refractivity (Wildman–Crippen MR) is 102 cm³/mol. The number of anilines is 2. The Morgan fingerprint density at radius 3 is 2.23 bits per heavy atom. The number of hydrogen-bond acceptors (Lipinski definition) is 3. The molecule has 0 atom stereocenters. The molecule has 0 fully saturated rings. The highest BCUT2D eigenvalue weighted by Gasteiger charge is 2.09. The molecule has 0 aromatic heterocycles. The van der Waals surface area contributed by atoms with Crippen molar-refractivity contribution in [2.45, 2.75) is 0 Å². The summed E-state index contributed by atoms with van der Waals surface area (Å²) in [5, 5.41) is 3.89. The van der Waals surface area contributed by atoms with Crippen molar-refractivity contribution in [1.29, 1.82) is 0 Å². The second-order valence-corrected chi connectivity index (χ2v) is 5.67. The summed E-state index contributed by atoms with van der Waals surface area (Å²) in [5.41, 5.74) is 5.24. The third-order valence-electron chi connectivity index (χ3n) is 3.92. The minimum absolute atomic E-state index is 0.0375. The van der Waals surface area contributed by atoms with Crippen molar-refractivity contribution < 1.29 is 9.18 Å². The molecular formula is C21H18FN3O. The summed E-state index contributed by atoms with van der Waals surface area (Å²) in [7, 11) is 1.99. The number of para-hydroxylation sites is 1. The normalized spacial score (nSPS) is 10.7. The van der Waals surface area contributed by atoms with E-state index in [9.17, 15) is 9.18 Å². The third kappa shape index (κ3) is 4.13. The van der Waals surface area contributed by atoms with E-state index in [1.807, 2.05) is 61.6 Å². The average molecular weight is 347 g/mol. The molecule has 1 amide bonds. The molecule has 26 heavy (non-hydrogen) atoms. The average Bonchev–Trinajstić information content (AvgIpc) is 2.69. The SMILES string of the molecule is CN(c1ccccc1)c1ccc(C=NNC(=O)c2ccccc2F)cc1. The molecule has 0 aliphatic carbocycles. The van der Waals surface area contributed by atoms with Crippen molar-refractivity contribution in [1.82, 2.24) is 5.43 Å². The molecule has 4 nitrogen and oxygen atoms in total. The lowest BCUT2D eigenvalue weighted by Gasteiger charge is -2.19. The van der Waals surface area contributed by atoms with E-state index in [1.165, 1.54) is 24.4 Å². The van der Waals surface area contributed by atoms with Crippen LogP contribution in [0.15, 0.2) is 84.0 Å². The highest BCUT2D eigenvalue weighted by molar-refractivity contribution is 5.95. The van der Waals surface area contributed by atoms with E-state index in [1.54, 1.807) is 6.07 Å². The van der Waals surface area contributed by atoms with Gasteiger partial charge in [-0.25, -0.2) is 9.82 Å². The number of halogens is 1. The van der Waals surface area contributed by atoms with Crippen molar-refractivity contribution in [3.63, 3.8) is 0 Å². The number of carbonyl (C=O) groups excluding carboxylic acids is 1. The lowest BCUT2D eigenvalue weighted by molar-refractivity contribution is 0.0951. The molecule has 3 aromatic rings. The smallest absolute Gasteiger partial charge is 0.274 e. The van der Waals surface area contributed by atoms with Gasteiger partial charge in [-0.2, -0.15) is 5.10 Å². The standard InChI is InChI=1S/C21H18FN3O/c1-25(17-7-3-2-4-8-17)18-13-11-16(12-14-18)15-23-24-21(26)19-9-5-6-10-20(19)22/h2-15H,1H3,(H,24,26). The van der Waals surface area contributed by atoms with Crippen LogP contribution >= 0.6 is 0 Å². The molecule has 0 unspecified atom stereocenters. The number of hydrazone groups is 1. The highest BCUT2D eigenvalue weighted by atomic mass is 19.1. The maximum absolute atomic E-state index is 13.5. The predicted octanol–water partition coefficient (Wildman–Crippen LogP) is 4.36. The topological polar surface area (TPSA) is 44.7 Å². The lowest BCUT2D eigenvalue weighted by atomic mass is 10.2. The van der Waals surface area contributed by atoms with Gasteiger partial charge in [0.2, 0.25) is 0 Å². The fourth-order valence-electron chi connectivity index (χ4n) is 2.46. The monoisotopic (exact) mass is 347 g/mol. The molecule has 0 aliphatic heterocycles. The van der Waals surface area contributed by atoms with Crippen LogP contribution in [0, 0.1) is 5.82 Å². The van der Waals surface area contributed by atoms with Gasteiger partial charge in [0.1, 0.15) is 5.82 Å². The van der Waals surface area contributed by atoms with Crippen molar-refractivity contribution >= 4 is 23.5 Å². The number of hydrogen-bond donors (Lipinski definition) is 1. The molecule has 5 heteroatoms. The fraction of sp³-hybridized carbons (Fsp3) is 0.0476. The Balaban J connectivity index is 1.63. The van der Waals surface area contributed by atoms with Gasteiger partial charge in [0, 0.05) is 18.4 Å². The van der Waals surface area contributed by atoms with E-state index >= 15 is 0 Å². The number of rotatable bonds is 5. The van der Waals surface area contributed by atoms with Gasteiger partial charge in [0.25, 0.3) is 5.91 Å². The van der Waals surface area contributed by atoms with Gasteiger partial charge in [0.05, 0.1) is 11.8 Å². The summed E-state index contributed by atoms with van der Waals surface area (Å²) < 4.78 is 13.5. The second kappa shape index (κ2) is 8.07. The van der Waals surface area contributed by atoms with Gasteiger partial charge >= 0.3 is 0 Å². The van der Waals surface area contributed by atoms with Gasteiger partial charge in [-0.05, 0) is 42.0 Å². The van der Waals surface area contributed by atoms with Gasteiger partial charge in [-0.15, -0.1) is 0 Å². The Labute approximate surface area is 151 Å². The molecule has 0 saturated heterocycles. The van der Waals surface area contributed by atoms with Gasteiger partial charge < -0.3 is 4.90 Å². The van der Waals surface area contributed by atoms with Crippen molar-refractivity contribution in [3.05, 3.63) is 95.8 Å². The number of benzene rings is 3. The molecule has 0 radical (unpaired) electrons. The molecule has 1 N–H and O–H groups in total. The summed E-state index contributed by atoms with van der Waals surface area (Å²) in [6, 6.07) is 23.5. The van der Waals surface area contributed by atoms with Crippen molar-refractivity contribution in [3.8, 4) is 0 Å².